The predicted octanol–water partition coefficient (Wildman–Crippen LogP) is 2.86. The fourth-order valence-corrected chi connectivity index (χ4v) is 2.41. The molecule has 1 aliphatic heterocycles. The Morgan fingerprint density at radius 2 is 2.44 bits per heavy atom. The Balaban J connectivity index is 2.15. The molecule has 1 amide bonds. The summed E-state index contributed by atoms with van der Waals surface area (Å²) in [7, 11) is 0. The summed E-state index contributed by atoms with van der Waals surface area (Å²) in [6, 6.07) is 4.03. The Hall–Kier alpha value is -0.900. The first-order valence-corrected chi connectivity index (χ1v) is 6.44. The fraction of sp³-hybridized carbons (Fsp3) is 0.500. The normalized spacial score (nSPS) is 20.1. The van der Waals surface area contributed by atoms with E-state index in [1.807, 2.05) is 11.0 Å². The van der Waals surface area contributed by atoms with E-state index >= 15 is 0 Å². The van der Waals surface area contributed by atoms with Crippen molar-refractivity contribution in [1.82, 2.24) is 9.88 Å². The summed E-state index contributed by atoms with van der Waals surface area (Å²) >= 11 is 3.32. The fourth-order valence-electron chi connectivity index (χ4n) is 2.18. The van der Waals surface area contributed by atoms with Crippen molar-refractivity contribution in [2.45, 2.75) is 32.2 Å². The molecule has 0 aliphatic carbocycles. The van der Waals surface area contributed by atoms with Gasteiger partial charge >= 0.3 is 0 Å². The molecule has 4 heteroatoms. The van der Waals surface area contributed by atoms with Crippen LogP contribution < -0.4 is 0 Å². The van der Waals surface area contributed by atoms with Crippen LogP contribution in [0.1, 0.15) is 36.7 Å². The summed E-state index contributed by atoms with van der Waals surface area (Å²) in [5.41, 5.74) is 0.545. The molecule has 0 aromatic carbocycles. The molecule has 3 nitrogen and oxygen atoms in total. The maximum absolute atomic E-state index is 12.2. The molecule has 2 heterocycles. The monoisotopic (exact) mass is 282 g/mol. The van der Waals surface area contributed by atoms with Gasteiger partial charge in [0, 0.05) is 23.3 Å². The molecule has 2 rings (SSSR count). The van der Waals surface area contributed by atoms with Crippen molar-refractivity contribution in [3.8, 4) is 0 Å². The third-order valence-electron chi connectivity index (χ3n) is 3.06. The van der Waals surface area contributed by atoms with Gasteiger partial charge in [-0.25, -0.2) is 4.98 Å². The van der Waals surface area contributed by atoms with E-state index in [1.165, 1.54) is 0 Å². The first-order chi connectivity index (χ1) is 7.72. The van der Waals surface area contributed by atoms with Gasteiger partial charge in [-0.2, -0.15) is 0 Å². The first-order valence-electron chi connectivity index (χ1n) is 5.65. The Kier molecular flexibility index (Phi) is 3.59. The summed E-state index contributed by atoms with van der Waals surface area (Å²) in [5.74, 6) is 0.0665. The van der Waals surface area contributed by atoms with Gasteiger partial charge in [-0.3, -0.25) is 4.79 Å². The first kappa shape index (κ1) is 11.6. The van der Waals surface area contributed by atoms with Crippen LogP contribution in [0.3, 0.4) is 0 Å². The number of halogens is 1. The second-order valence-corrected chi connectivity index (χ2v) is 4.98. The lowest BCUT2D eigenvalue weighted by Gasteiger charge is -2.23. The highest BCUT2D eigenvalue weighted by Crippen LogP contribution is 2.22. The molecule has 1 fully saturated rings. The van der Waals surface area contributed by atoms with E-state index in [4.69, 9.17) is 0 Å². The average molecular weight is 283 g/mol. The molecule has 1 aromatic heterocycles. The van der Waals surface area contributed by atoms with Crippen molar-refractivity contribution in [1.29, 1.82) is 0 Å². The van der Waals surface area contributed by atoms with Crippen molar-refractivity contribution in [2.24, 2.45) is 0 Å². The second-order valence-electron chi connectivity index (χ2n) is 4.06. The summed E-state index contributed by atoms with van der Waals surface area (Å²) in [6.45, 7) is 3.00. The van der Waals surface area contributed by atoms with Crippen LogP contribution >= 0.6 is 15.9 Å². The number of hydrogen-bond acceptors (Lipinski definition) is 2. The van der Waals surface area contributed by atoms with Gasteiger partial charge in [0.15, 0.2) is 0 Å². The molecule has 1 saturated heterocycles. The molecule has 0 N–H and O–H groups in total. The number of hydrogen-bond donors (Lipinski definition) is 0. The number of carbonyl (C=O) groups is 1. The van der Waals surface area contributed by atoms with Crippen molar-refractivity contribution in [2.75, 3.05) is 6.54 Å². The molecule has 1 aromatic rings. The van der Waals surface area contributed by atoms with Crippen LogP contribution in [0.4, 0.5) is 0 Å². The standard InChI is InChI=1S/C12H15BrN2O/c1-2-10-4-3-7-15(10)12(16)11-6-5-9(13)8-14-11/h5-6,8,10H,2-4,7H2,1H3. The van der Waals surface area contributed by atoms with Gasteiger partial charge in [0.25, 0.3) is 5.91 Å². The zero-order chi connectivity index (χ0) is 11.5. The van der Waals surface area contributed by atoms with Crippen LogP contribution in [0.5, 0.6) is 0 Å². The SMILES string of the molecule is CCC1CCCN1C(=O)c1ccc(Br)cn1. The number of aromatic nitrogens is 1. The molecule has 0 spiro atoms. The van der Waals surface area contributed by atoms with Gasteiger partial charge in [0.1, 0.15) is 5.69 Å². The lowest BCUT2D eigenvalue weighted by molar-refractivity contribution is 0.0727. The number of pyridine rings is 1. The van der Waals surface area contributed by atoms with Crippen LogP contribution in [0.25, 0.3) is 0 Å². The zero-order valence-electron chi connectivity index (χ0n) is 9.32. The minimum atomic E-state index is 0.0665. The van der Waals surface area contributed by atoms with E-state index in [0.29, 0.717) is 11.7 Å². The zero-order valence-corrected chi connectivity index (χ0v) is 10.9. The molecular formula is C12H15BrN2O. The topological polar surface area (TPSA) is 33.2 Å². The van der Waals surface area contributed by atoms with Gasteiger partial charge in [-0.15, -0.1) is 0 Å². The highest BCUT2D eigenvalue weighted by molar-refractivity contribution is 9.10. The predicted molar refractivity (Wildman–Crippen MR) is 66.3 cm³/mol. The second kappa shape index (κ2) is 4.95. The smallest absolute Gasteiger partial charge is 0.272 e. The number of rotatable bonds is 2. The third-order valence-corrected chi connectivity index (χ3v) is 3.52. The van der Waals surface area contributed by atoms with Crippen LogP contribution in [-0.2, 0) is 0 Å². The molecule has 0 radical (unpaired) electrons. The highest BCUT2D eigenvalue weighted by atomic mass is 79.9. The summed E-state index contributed by atoms with van der Waals surface area (Å²) in [5, 5.41) is 0. The Morgan fingerprint density at radius 1 is 1.62 bits per heavy atom. The largest absolute Gasteiger partial charge is 0.334 e. The minimum Gasteiger partial charge on any atom is -0.334 e. The molecule has 86 valence electrons. The van der Waals surface area contributed by atoms with E-state index in [-0.39, 0.29) is 5.91 Å². The third kappa shape index (κ3) is 2.26. The van der Waals surface area contributed by atoms with Crippen molar-refractivity contribution < 1.29 is 4.79 Å². The van der Waals surface area contributed by atoms with Gasteiger partial charge in [0.05, 0.1) is 0 Å². The quantitative estimate of drug-likeness (QED) is 0.836. The summed E-state index contributed by atoms with van der Waals surface area (Å²) in [6.07, 6.45) is 4.94. The molecule has 1 atom stereocenters. The molecule has 16 heavy (non-hydrogen) atoms. The summed E-state index contributed by atoms with van der Waals surface area (Å²) < 4.78 is 0.900. The van der Waals surface area contributed by atoms with E-state index in [0.717, 1.165) is 30.3 Å². The van der Waals surface area contributed by atoms with Crippen LogP contribution in [0.2, 0.25) is 0 Å². The number of amides is 1. The van der Waals surface area contributed by atoms with E-state index < -0.39 is 0 Å². The van der Waals surface area contributed by atoms with E-state index in [9.17, 15) is 4.79 Å². The Labute approximate surface area is 104 Å². The molecule has 0 saturated carbocycles. The number of nitrogens with zero attached hydrogens (tertiary/aromatic N) is 2. The lowest BCUT2D eigenvalue weighted by Crippen LogP contribution is -2.35. The van der Waals surface area contributed by atoms with Gasteiger partial charge in [0.2, 0.25) is 0 Å². The highest BCUT2D eigenvalue weighted by Gasteiger charge is 2.28. The van der Waals surface area contributed by atoms with E-state index in [2.05, 4.69) is 27.8 Å². The van der Waals surface area contributed by atoms with Gasteiger partial charge in [-0.05, 0) is 47.3 Å². The molecule has 1 aliphatic rings. The van der Waals surface area contributed by atoms with Crippen molar-refractivity contribution in [3.63, 3.8) is 0 Å². The maximum atomic E-state index is 12.2. The van der Waals surface area contributed by atoms with Gasteiger partial charge in [-0.1, -0.05) is 6.92 Å². The Bertz CT molecular complexity index is 377. The Morgan fingerprint density at radius 3 is 3.06 bits per heavy atom. The minimum absolute atomic E-state index is 0.0665. The molecule has 0 bridgehead atoms. The molecule has 1 unspecified atom stereocenters. The maximum Gasteiger partial charge on any atom is 0.272 e. The van der Waals surface area contributed by atoms with Crippen molar-refractivity contribution in [3.05, 3.63) is 28.5 Å². The van der Waals surface area contributed by atoms with Crippen LogP contribution in [0.15, 0.2) is 22.8 Å². The van der Waals surface area contributed by atoms with E-state index in [1.54, 1.807) is 12.3 Å². The molecular weight excluding hydrogens is 268 g/mol. The average Bonchev–Trinajstić information content (AvgIpc) is 2.77. The van der Waals surface area contributed by atoms with Crippen LogP contribution in [-0.4, -0.2) is 28.4 Å². The lowest BCUT2D eigenvalue weighted by atomic mass is 10.1. The van der Waals surface area contributed by atoms with Gasteiger partial charge < -0.3 is 4.90 Å². The van der Waals surface area contributed by atoms with Crippen LogP contribution in [0, 0.1) is 0 Å². The number of carbonyl (C=O) groups excluding carboxylic acids is 1. The summed E-state index contributed by atoms with van der Waals surface area (Å²) in [4.78, 5) is 18.3. The van der Waals surface area contributed by atoms with Crippen molar-refractivity contribution >= 4 is 21.8 Å². The number of likely N-dealkylation sites (tertiary alicyclic amines) is 1.